The molecule has 5 rings (SSSR count). The fourth-order valence-electron chi connectivity index (χ4n) is 3.38. The number of furan rings is 1. The Morgan fingerprint density at radius 3 is 2.81 bits per heavy atom. The molecule has 2 bridgehead atoms. The quantitative estimate of drug-likeness (QED) is 0.948. The van der Waals surface area contributed by atoms with E-state index in [0.717, 1.165) is 17.2 Å². The lowest BCUT2D eigenvalue weighted by molar-refractivity contribution is 0.0606. The molecule has 110 valence electrons. The molecule has 0 aliphatic carbocycles. The fourth-order valence-corrected chi connectivity index (χ4v) is 4.07. The van der Waals surface area contributed by atoms with Crippen LogP contribution in [0, 0.1) is 5.92 Å². The van der Waals surface area contributed by atoms with Crippen molar-refractivity contribution in [3.05, 3.63) is 35.4 Å². The monoisotopic (exact) mass is 302 g/mol. The van der Waals surface area contributed by atoms with E-state index in [1.54, 1.807) is 17.4 Å². The van der Waals surface area contributed by atoms with Crippen molar-refractivity contribution in [3.63, 3.8) is 0 Å². The largest absolute Gasteiger partial charge is 0.450 e. The molecule has 3 saturated heterocycles. The Bertz CT molecular complexity index is 627. The molecule has 0 spiro atoms. The maximum Gasteiger partial charge on any atom is 0.287 e. The number of thiophene rings is 1. The van der Waals surface area contributed by atoms with Crippen molar-refractivity contribution in [2.75, 3.05) is 19.6 Å². The van der Waals surface area contributed by atoms with Crippen LogP contribution in [-0.4, -0.2) is 36.5 Å². The van der Waals surface area contributed by atoms with Gasteiger partial charge in [0.25, 0.3) is 5.91 Å². The number of carbonyl (C=O) groups excluding carboxylic acids is 1. The second-order valence-electron chi connectivity index (χ2n) is 5.86. The molecule has 0 radical (unpaired) electrons. The summed E-state index contributed by atoms with van der Waals surface area (Å²) in [6, 6.07) is 7.90. The molecule has 4 nitrogen and oxygen atoms in total. The molecule has 21 heavy (non-hydrogen) atoms. The molecule has 1 amide bonds. The Kier molecular flexibility index (Phi) is 3.31. The van der Waals surface area contributed by atoms with Gasteiger partial charge >= 0.3 is 0 Å². The van der Waals surface area contributed by atoms with Gasteiger partial charge in [-0.15, -0.1) is 11.3 Å². The first kappa shape index (κ1) is 13.1. The molecule has 3 aliphatic rings. The summed E-state index contributed by atoms with van der Waals surface area (Å²) in [5.74, 6) is 1.72. The summed E-state index contributed by atoms with van der Waals surface area (Å²) in [7, 11) is 0. The van der Waals surface area contributed by atoms with E-state index in [9.17, 15) is 4.79 Å². The van der Waals surface area contributed by atoms with Crippen LogP contribution in [-0.2, 0) is 0 Å². The van der Waals surface area contributed by atoms with Crippen molar-refractivity contribution in [2.45, 2.75) is 18.9 Å². The molecule has 0 saturated carbocycles. The predicted molar refractivity (Wildman–Crippen MR) is 82.4 cm³/mol. The predicted octanol–water partition coefficient (Wildman–Crippen LogP) is 2.83. The number of amides is 1. The highest BCUT2D eigenvalue weighted by Gasteiger charge is 2.35. The lowest BCUT2D eigenvalue weighted by Crippen LogP contribution is -2.57. The van der Waals surface area contributed by atoms with Gasteiger partial charge in [0.15, 0.2) is 5.76 Å². The van der Waals surface area contributed by atoms with Gasteiger partial charge in [-0.05, 0) is 55.4 Å². The smallest absolute Gasteiger partial charge is 0.287 e. The lowest BCUT2D eigenvalue weighted by atomic mass is 9.84. The van der Waals surface area contributed by atoms with Crippen LogP contribution in [0.25, 0.3) is 10.6 Å². The topological polar surface area (TPSA) is 45.5 Å². The minimum absolute atomic E-state index is 0.0865. The van der Waals surface area contributed by atoms with Gasteiger partial charge < -0.3 is 14.6 Å². The van der Waals surface area contributed by atoms with Crippen molar-refractivity contribution in [1.29, 1.82) is 0 Å². The second kappa shape index (κ2) is 5.31. The van der Waals surface area contributed by atoms with E-state index >= 15 is 0 Å². The Labute approximate surface area is 127 Å². The van der Waals surface area contributed by atoms with Gasteiger partial charge in [-0.1, -0.05) is 6.07 Å². The molecule has 0 aromatic carbocycles. The number of piperidine rings is 3. The molecule has 3 aliphatic heterocycles. The van der Waals surface area contributed by atoms with Gasteiger partial charge in [-0.2, -0.15) is 0 Å². The Balaban J connectivity index is 1.46. The lowest BCUT2D eigenvalue weighted by Gasteiger charge is -2.44. The normalized spacial score (nSPS) is 27.7. The third-order valence-corrected chi connectivity index (χ3v) is 5.45. The van der Waals surface area contributed by atoms with Crippen LogP contribution in [0.3, 0.4) is 0 Å². The molecule has 5 heterocycles. The van der Waals surface area contributed by atoms with Crippen LogP contribution in [0.1, 0.15) is 23.4 Å². The summed E-state index contributed by atoms with van der Waals surface area (Å²) in [5.41, 5.74) is 0. The van der Waals surface area contributed by atoms with Crippen LogP contribution in [0.4, 0.5) is 0 Å². The number of hydrogen-bond donors (Lipinski definition) is 1. The molecule has 2 aromatic heterocycles. The minimum Gasteiger partial charge on any atom is -0.450 e. The first-order valence-electron chi connectivity index (χ1n) is 7.46. The molecule has 1 unspecified atom stereocenters. The summed E-state index contributed by atoms with van der Waals surface area (Å²) in [4.78, 5) is 15.8. The zero-order valence-electron chi connectivity index (χ0n) is 11.7. The van der Waals surface area contributed by atoms with Gasteiger partial charge in [0.2, 0.25) is 0 Å². The van der Waals surface area contributed by atoms with E-state index in [4.69, 9.17) is 4.42 Å². The van der Waals surface area contributed by atoms with E-state index in [2.05, 4.69) is 10.2 Å². The van der Waals surface area contributed by atoms with E-state index in [1.165, 1.54) is 25.9 Å². The zero-order valence-corrected chi connectivity index (χ0v) is 12.6. The Hall–Kier alpha value is -1.59. The maximum atomic E-state index is 12.4. The highest BCUT2D eigenvalue weighted by molar-refractivity contribution is 7.13. The van der Waals surface area contributed by atoms with Crippen LogP contribution < -0.4 is 5.32 Å². The molecular formula is C16H18N2O2S. The van der Waals surface area contributed by atoms with E-state index in [0.29, 0.717) is 11.7 Å². The number of nitrogens with one attached hydrogen (secondary N) is 1. The standard InChI is InChI=1S/C16H18N2O2S/c19-16(17-12-10-18-7-5-11(12)6-8-18)14-4-3-13(20-14)15-2-1-9-21-15/h1-4,9,11-12H,5-8,10H2,(H,17,19). The number of hydrogen-bond acceptors (Lipinski definition) is 4. The van der Waals surface area contributed by atoms with Gasteiger partial charge in [0.1, 0.15) is 5.76 Å². The molecule has 2 aromatic rings. The number of nitrogens with zero attached hydrogens (tertiary/aromatic N) is 1. The highest BCUT2D eigenvalue weighted by atomic mass is 32.1. The third-order valence-electron chi connectivity index (χ3n) is 4.57. The van der Waals surface area contributed by atoms with E-state index in [-0.39, 0.29) is 11.9 Å². The summed E-state index contributed by atoms with van der Waals surface area (Å²) in [6.07, 6.45) is 2.40. The minimum atomic E-state index is -0.0865. The SMILES string of the molecule is O=C(NC1CN2CCC1CC2)c1ccc(-c2cccs2)o1. The molecule has 3 fully saturated rings. The van der Waals surface area contributed by atoms with Gasteiger partial charge in [0.05, 0.1) is 4.88 Å². The number of rotatable bonds is 3. The maximum absolute atomic E-state index is 12.4. The van der Waals surface area contributed by atoms with Crippen molar-refractivity contribution < 1.29 is 9.21 Å². The second-order valence-corrected chi connectivity index (χ2v) is 6.81. The van der Waals surface area contributed by atoms with E-state index in [1.807, 2.05) is 23.6 Å². The van der Waals surface area contributed by atoms with Gasteiger partial charge in [0, 0.05) is 12.6 Å². The Morgan fingerprint density at radius 2 is 2.14 bits per heavy atom. The Morgan fingerprint density at radius 1 is 1.29 bits per heavy atom. The molecule has 1 N–H and O–H groups in total. The van der Waals surface area contributed by atoms with Crippen molar-refractivity contribution in [1.82, 2.24) is 10.2 Å². The summed E-state index contributed by atoms with van der Waals surface area (Å²) >= 11 is 1.61. The molecular weight excluding hydrogens is 284 g/mol. The average Bonchev–Trinajstić information content (AvgIpc) is 3.20. The van der Waals surface area contributed by atoms with Gasteiger partial charge in [-0.3, -0.25) is 4.79 Å². The summed E-state index contributed by atoms with van der Waals surface area (Å²) < 4.78 is 5.70. The highest BCUT2D eigenvalue weighted by Crippen LogP contribution is 2.29. The first-order valence-corrected chi connectivity index (χ1v) is 8.34. The number of fused-ring (bicyclic) bond motifs is 3. The van der Waals surface area contributed by atoms with Crippen LogP contribution >= 0.6 is 11.3 Å². The number of carbonyl (C=O) groups is 1. The van der Waals surface area contributed by atoms with Crippen molar-refractivity contribution in [2.24, 2.45) is 5.92 Å². The summed E-state index contributed by atoms with van der Waals surface area (Å²) in [6.45, 7) is 3.34. The molecule has 5 heteroatoms. The average molecular weight is 302 g/mol. The fraction of sp³-hybridized carbons (Fsp3) is 0.438. The van der Waals surface area contributed by atoms with Crippen molar-refractivity contribution >= 4 is 17.2 Å². The van der Waals surface area contributed by atoms with Gasteiger partial charge in [-0.25, -0.2) is 0 Å². The molecule has 1 atom stereocenters. The van der Waals surface area contributed by atoms with E-state index < -0.39 is 0 Å². The van der Waals surface area contributed by atoms with Crippen LogP contribution in [0.5, 0.6) is 0 Å². The summed E-state index contributed by atoms with van der Waals surface area (Å²) in [5, 5.41) is 5.16. The first-order chi connectivity index (χ1) is 10.3. The zero-order chi connectivity index (χ0) is 14.2. The van der Waals surface area contributed by atoms with Crippen LogP contribution in [0.15, 0.2) is 34.1 Å². The van der Waals surface area contributed by atoms with Crippen molar-refractivity contribution in [3.8, 4) is 10.6 Å². The third kappa shape index (κ3) is 2.51. The van der Waals surface area contributed by atoms with Crippen LogP contribution in [0.2, 0.25) is 0 Å².